The van der Waals surface area contributed by atoms with Crippen LogP contribution in [0.15, 0.2) is 48.5 Å². The average Bonchev–Trinajstić information content (AvgIpc) is 3.30. The zero-order valence-electron chi connectivity index (χ0n) is 19.2. The summed E-state index contributed by atoms with van der Waals surface area (Å²) in [7, 11) is 0. The molecule has 0 radical (unpaired) electrons. The van der Waals surface area contributed by atoms with Crippen molar-refractivity contribution in [2.24, 2.45) is 5.92 Å². The smallest absolute Gasteiger partial charge is 0.407 e. The molecule has 1 heterocycles. The van der Waals surface area contributed by atoms with Gasteiger partial charge >= 0.3 is 12.1 Å². The number of alkyl carbamates (subject to hydrolysis) is 1. The van der Waals surface area contributed by atoms with Crippen LogP contribution in [0, 0.1) is 5.92 Å². The van der Waals surface area contributed by atoms with Crippen LogP contribution in [0.4, 0.5) is 4.79 Å². The van der Waals surface area contributed by atoms with Crippen LogP contribution in [-0.4, -0.2) is 52.7 Å². The molecule has 2 aromatic rings. The molecule has 1 aliphatic carbocycles. The molecule has 2 atom stereocenters. The number of ether oxygens (including phenoxy) is 1. The lowest BCUT2D eigenvalue weighted by atomic mass is 9.98. The zero-order chi connectivity index (χ0) is 23.8. The Bertz CT molecular complexity index is 1030. The summed E-state index contributed by atoms with van der Waals surface area (Å²) in [6, 6.07) is 15.9. The fourth-order valence-corrected chi connectivity index (χ4v) is 5.06. The predicted octanol–water partition coefficient (Wildman–Crippen LogP) is 4.02. The van der Waals surface area contributed by atoms with Gasteiger partial charge in [0.15, 0.2) is 0 Å². The van der Waals surface area contributed by atoms with Crippen molar-refractivity contribution in [3.05, 3.63) is 59.7 Å². The van der Waals surface area contributed by atoms with Crippen LogP contribution < -0.4 is 5.32 Å². The standard InChI is InChI=1S/C26H30N2O5/c1-16-17(24(30)31)12-13-28(16)23(29)14-26(2,3)27-25(32)33-15-22-20-10-6-4-8-18(20)19-9-5-7-11-21(19)22/h4-11,16-17,22H,12-15H2,1-3H3,(H,27,32)(H,30,31). The van der Waals surface area contributed by atoms with Crippen LogP contribution >= 0.6 is 0 Å². The molecule has 7 heteroatoms. The molecule has 1 fully saturated rings. The van der Waals surface area contributed by atoms with Gasteiger partial charge in [0.2, 0.25) is 5.91 Å². The number of hydrogen-bond donors (Lipinski definition) is 2. The van der Waals surface area contributed by atoms with E-state index in [9.17, 15) is 19.5 Å². The van der Waals surface area contributed by atoms with Crippen LogP contribution in [0.1, 0.15) is 50.7 Å². The van der Waals surface area contributed by atoms with Gasteiger partial charge in [-0.2, -0.15) is 0 Å². The molecule has 2 aliphatic rings. The van der Waals surface area contributed by atoms with Gasteiger partial charge in [0.25, 0.3) is 0 Å². The number of carboxylic acids is 1. The van der Waals surface area contributed by atoms with Gasteiger partial charge in [-0.25, -0.2) is 4.79 Å². The molecule has 4 rings (SSSR count). The lowest BCUT2D eigenvalue weighted by Crippen LogP contribution is -2.49. The number of amides is 2. The first-order valence-electron chi connectivity index (χ1n) is 11.3. The van der Waals surface area contributed by atoms with Crippen LogP contribution in [0.25, 0.3) is 11.1 Å². The number of fused-ring (bicyclic) bond motifs is 3. The van der Waals surface area contributed by atoms with Crippen molar-refractivity contribution < 1.29 is 24.2 Å². The van der Waals surface area contributed by atoms with Crippen molar-refractivity contribution in [3.8, 4) is 11.1 Å². The highest BCUT2D eigenvalue weighted by atomic mass is 16.5. The fraction of sp³-hybridized carbons (Fsp3) is 0.423. The minimum absolute atomic E-state index is 0.0358. The number of aliphatic carboxylic acids is 1. The minimum Gasteiger partial charge on any atom is -0.481 e. The van der Waals surface area contributed by atoms with E-state index in [1.807, 2.05) is 24.3 Å². The second kappa shape index (κ2) is 8.89. The molecule has 0 bridgehead atoms. The van der Waals surface area contributed by atoms with Crippen molar-refractivity contribution in [1.82, 2.24) is 10.2 Å². The summed E-state index contributed by atoms with van der Waals surface area (Å²) in [5, 5.41) is 12.1. The van der Waals surface area contributed by atoms with Gasteiger partial charge in [-0.15, -0.1) is 0 Å². The molecule has 7 nitrogen and oxygen atoms in total. The lowest BCUT2D eigenvalue weighted by Gasteiger charge is -2.30. The molecular weight excluding hydrogens is 420 g/mol. The minimum atomic E-state index is -0.881. The molecule has 174 valence electrons. The Balaban J connectivity index is 1.35. The first kappa shape index (κ1) is 22.8. The van der Waals surface area contributed by atoms with Crippen molar-refractivity contribution in [3.63, 3.8) is 0 Å². The third-order valence-electron chi connectivity index (χ3n) is 6.77. The Morgan fingerprint density at radius 1 is 1.06 bits per heavy atom. The van der Waals surface area contributed by atoms with Crippen LogP contribution in [0.2, 0.25) is 0 Å². The summed E-state index contributed by atoms with van der Waals surface area (Å²) < 4.78 is 5.60. The third-order valence-corrected chi connectivity index (χ3v) is 6.77. The molecule has 1 saturated heterocycles. The topological polar surface area (TPSA) is 95.9 Å². The van der Waals surface area contributed by atoms with E-state index >= 15 is 0 Å². The Morgan fingerprint density at radius 2 is 1.64 bits per heavy atom. The number of carbonyl (C=O) groups excluding carboxylic acids is 2. The van der Waals surface area contributed by atoms with Gasteiger partial charge in [0.05, 0.1) is 5.92 Å². The third kappa shape index (κ3) is 4.58. The molecule has 0 aromatic heterocycles. The van der Waals surface area contributed by atoms with E-state index in [4.69, 9.17) is 4.74 Å². The van der Waals surface area contributed by atoms with E-state index in [0.29, 0.717) is 13.0 Å². The van der Waals surface area contributed by atoms with E-state index < -0.39 is 23.5 Å². The first-order chi connectivity index (χ1) is 15.7. The van der Waals surface area contributed by atoms with Gasteiger partial charge in [0, 0.05) is 30.5 Å². The number of carbonyl (C=O) groups is 3. The fourth-order valence-electron chi connectivity index (χ4n) is 5.06. The number of nitrogens with zero attached hydrogens (tertiary/aromatic N) is 1. The molecule has 2 aromatic carbocycles. The Kier molecular flexibility index (Phi) is 6.15. The molecule has 2 amide bonds. The quantitative estimate of drug-likeness (QED) is 0.693. The summed E-state index contributed by atoms with van der Waals surface area (Å²) in [5.41, 5.74) is 3.76. The Labute approximate surface area is 193 Å². The average molecular weight is 451 g/mol. The number of likely N-dealkylation sites (tertiary alicyclic amines) is 1. The number of hydrogen-bond acceptors (Lipinski definition) is 4. The largest absolute Gasteiger partial charge is 0.481 e. The number of benzene rings is 2. The summed E-state index contributed by atoms with van der Waals surface area (Å²) in [6.07, 6.45) is -0.0661. The second-order valence-corrected chi connectivity index (χ2v) is 9.57. The number of carboxylic acid groups (broad SMARTS) is 1. The number of rotatable bonds is 6. The molecule has 0 saturated carbocycles. The van der Waals surface area contributed by atoms with E-state index in [0.717, 1.165) is 22.3 Å². The normalized spacial score (nSPS) is 19.7. The van der Waals surface area contributed by atoms with Gasteiger partial charge in [-0.05, 0) is 49.4 Å². The van der Waals surface area contributed by atoms with Gasteiger partial charge < -0.3 is 20.1 Å². The summed E-state index contributed by atoms with van der Waals surface area (Å²) in [6.45, 7) is 5.91. The van der Waals surface area contributed by atoms with Crippen molar-refractivity contribution in [2.75, 3.05) is 13.2 Å². The second-order valence-electron chi connectivity index (χ2n) is 9.57. The van der Waals surface area contributed by atoms with Crippen LogP contribution in [0.5, 0.6) is 0 Å². The molecule has 2 N–H and O–H groups in total. The predicted molar refractivity (Wildman–Crippen MR) is 124 cm³/mol. The Hall–Kier alpha value is -3.35. The maximum atomic E-state index is 12.8. The lowest BCUT2D eigenvalue weighted by molar-refractivity contribution is -0.143. The summed E-state index contributed by atoms with van der Waals surface area (Å²) in [5.74, 6) is -1.64. The highest BCUT2D eigenvalue weighted by molar-refractivity contribution is 5.81. The molecule has 33 heavy (non-hydrogen) atoms. The maximum absolute atomic E-state index is 12.8. The molecule has 0 spiro atoms. The van der Waals surface area contributed by atoms with E-state index in [1.165, 1.54) is 0 Å². The maximum Gasteiger partial charge on any atom is 0.407 e. The van der Waals surface area contributed by atoms with Crippen molar-refractivity contribution in [1.29, 1.82) is 0 Å². The molecular formula is C26H30N2O5. The van der Waals surface area contributed by atoms with Crippen molar-refractivity contribution in [2.45, 2.75) is 51.1 Å². The molecule has 2 unspecified atom stereocenters. The SMILES string of the molecule is CC1C(C(=O)O)CCN1C(=O)CC(C)(C)NC(=O)OCC1c2ccccc2-c2ccccc21. The summed E-state index contributed by atoms with van der Waals surface area (Å²) >= 11 is 0. The highest BCUT2D eigenvalue weighted by Crippen LogP contribution is 2.44. The zero-order valence-corrected chi connectivity index (χ0v) is 19.2. The van der Waals surface area contributed by atoms with Gasteiger partial charge in [-0.1, -0.05) is 48.5 Å². The first-order valence-corrected chi connectivity index (χ1v) is 11.3. The monoisotopic (exact) mass is 450 g/mol. The Morgan fingerprint density at radius 3 is 2.18 bits per heavy atom. The van der Waals surface area contributed by atoms with E-state index in [1.54, 1.807) is 25.7 Å². The molecule has 1 aliphatic heterocycles. The van der Waals surface area contributed by atoms with Crippen molar-refractivity contribution >= 4 is 18.0 Å². The van der Waals surface area contributed by atoms with Crippen LogP contribution in [0.3, 0.4) is 0 Å². The summed E-state index contributed by atoms with van der Waals surface area (Å²) in [4.78, 5) is 38.3. The van der Waals surface area contributed by atoms with Gasteiger partial charge in [-0.3, -0.25) is 9.59 Å². The number of nitrogens with one attached hydrogen (secondary N) is 1. The highest BCUT2D eigenvalue weighted by Gasteiger charge is 2.39. The van der Waals surface area contributed by atoms with E-state index in [-0.39, 0.29) is 30.9 Å². The van der Waals surface area contributed by atoms with E-state index in [2.05, 4.69) is 29.6 Å². The van der Waals surface area contributed by atoms with Gasteiger partial charge in [0.1, 0.15) is 6.61 Å². The van der Waals surface area contributed by atoms with Crippen LogP contribution in [-0.2, 0) is 14.3 Å².